The quantitative estimate of drug-likeness (QED) is 0.177. The fourth-order valence-electron chi connectivity index (χ4n) is 10.1. The number of fused-ring (bicyclic) bond motifs is 3. The molecule has 2 saturated heterocycles. The maximum Gasteiger partial charge on any atom is 0.308 e. The highest BCUT2D eigenvalue weighted by atomic mass is 32.1. The second kappa shape index (κ2) is 26.8. The summed E-state index contributed by atoms with van der Waals surface area (Å²) in [5.41, 5.74) is 1.71. The van der Waals surface area contributed by atoms with Crippen molar-refractivity contribution in [1.29, 1.82) is 5.26 Å². The zero-order valence-corrected chi connectivity index (χ0v) is 43.2. The topological polar surface area (TPSA) is 243 Å². The smallest absolute Gasteiger partial charge is 0.308 e. The number of carbonyl (C=O) groups is 2. The van der Waals surface area contributed by atoms with Crippen molar-refractivity contribution in [3.63, 3.8) is 0 Å². The monoisotopic (exact) mass is 1010 g/mol. The number of aliphatic hydroxyl groups is 3. The average molecular weight is 1020 g/mol. The molecule has 3 fully saturated rings. The molecular formula is C51H74N4O15S. The van der Waals surface area contributed by atoms with Gasteiger partial charge in [0.05, 0.1) is 73.8 Å². The molecule has 1 aliphatic carbocycles. The molecule has 0 amide bonds. The van der Waals surface area contributed by atoms with Gasteiger partial charge in [-0.15, -0.1) is 11.3 Å². The van der Waals surface area contributed by atoms with Gasteiger partial charge in [0.25, 0.3) is 0 Å². The van der Waals surface area contributed by atoms with Gasteiger partial charge in [-0.3, -0.25) is 9.59 Å². The molecule has 6 rings (SSSR count). The summed E-state index contributed by atoms with van der Waals surface area (Å²) < 4.78 is 55.8. The Labute approximate surface area is 420 Å². The first-order chi connectivity index (χ1) is 34.0. The van der Waals surface area contributed by atoms with Gasteiger partial charge in [0, 0.05) is 44.6 Å². The van der Waals surface area contributed by atoms with E-state index in [9.17, 15) is 30.2 Å². The van der Waals surface area contributed by atoms with E-state index in [1.807, 2.05) is 33.8 Å². The first kappa shape index (κ1) is 56.3. The van der Waals surface area contributed by atoms with Crippen LogP contribution in [0.4, 0.5) is 0 Å². The largest absolute Gasteiger partial charge is 0.462 e. The van der Waals surface area contributed by atoms with Gasteiger partial charge < -0.3 is 67.5 Å². The molecule has 20 heteroatoms. The molecule has 5 heterocycles. The zero-order valence-electron chi connectivity index (χ0n) is 42.4. The zero-order chi connectivity index (χ0) is 51.4. The van der Waals surface area contributed by atoms with Crippen LogP contribution in [0, 0.1) is 35.0 Å². The summed E-state index contributed by atoms with van der Waals surface area (Å²) in [6, 6.07) is 6.63. The molecule has 2 aromatic heterocycles. The summed E-state index contributed by atoms with van der Waals surface area (Å²) in [6.45, 7) is 9.50. The van der Waals surface area contributed by atoms with Crippen molar-refractivity contribution in [3.8, 4) is 16.6 Å². The molecule has 0 aromatic carbocycles. The highest BCUT2D eigenvalue weighted by Crippen LogP contribution is 2.36. The molecule has 19 nitrogen and oxygen atoms in total. The van der Waals surface area contributed by atoms with E-state index in [4.69, 9.17) is 47.3 Å². The van der Waals surface area contributed by atoms with Crippen LogP contribution in [0.3, 0.4) is 0 Å². The van der Waals surface area contributed by atoms with Crippen molar-refractivity contribution in [2.45, 2.75) is 153 Å². The van der Waals surface area contributed by atoms with Crippen LogP contribution in [0.2, 0.25) is 0 Å². The van der Waals surface area contributed by atoms with Crippen molar-refractivity contribution in [1.82, 2.24) is 10.1 Å². The Morgan fingerprint density at radius 1 is 1.00 bits per heavy atom. The normalized spacial score (nSPS) is 36.9. The number of nitriles is 1. The number of oxime groups is 1. The number of nitrogens with zero attached hydrogens (tertiary/aromatic N) is 4. The van der Waals surface area contributed by atoms with Crippen LogP contribution in [-0.2, 0) is 58.9 Å². The molecule has 394 valence electrons. The fraction of sp³-hybridized carbons (Fsp3) is 0.706. The number of ether oxygens (including phenoxy) is 8. The number of hydrogen-bond acceptors (Lipinski definition) is 20. The van der Waals surface area contributed by atoms with Gasteiger partial charge in [-0.25, -0.2) is 0 Å². The molecule has 1 saturated carbocycles. The molecule has 0 radical (unpaired) electrons. The number of cyclic esters (lactones) is 1. The van der Waals surface area contributed by atoms with Crippen LogP contribution in [0.5, 0.6) is 0 Å². The standard InChI is InChI=1S/C51H74N4O15S/c1-10-40-33(24-64-41-15-14-39(57)49(61-8)50(41)62-9)19-28(2)11-13-38(56)29(3)20-32-17-18-63-25-34(53-66-27-35-21-37(54-70-35)43-16-12-36(23-52)71-43)26-65-42(22-44(58)68-40)30(4)48(32)69-51-47(60)45(55(6)7)46(59)31(5)67-51/h11-13,16,19,21,29-33,39-42,45-51,57,59-60H,10,14-15,17-18,20,22,24-27H2,1-9H3/b13-11+,28-19+,53-34+/t29-,30+,31-,32?,33-,39-,40-,41-,42-,45+,46-,47-,48-,49-,50+,51+/m1/s1. The summed E-state index contributed by atoms with van der Waals surface area (Å²) in [5, 5.41) is 51.2. The summed E-state index contributed by atoms with van der Waals surface area (Å²) >= 11 is 1.29. The Morgan fingerprint density at radius 2 is 1.77 bits per heavy atom. The van der Waals surface area contributed by atoms with Crippen LogP contribution in [-0.4, -0.2) is 171 Å². The SMILES string of the molecule is CC[C@H]1OC(=O)C[C@H]2OC/C(=N/OCc3cc(-c4ccc(C#N)s4)no3)COCCC(C[C@@H](C)C(=O)/C=C/C(C)=C/[C@@H]1CO[C@@H]1CC[C@@H](O)[C@@H](OC)[C@H]1OC)[C@H](O[C@@H]1O[C@H](C)[C@@H](O)[C@H](N(C)C)[C@H]1O)[C@H]2C. The van der Waals surface area contributed by atoms with Gasteiger partial charge in [0.1, 0.15) is 46.8 Å². The lowest BCUT2D eigenvalue weighted by Crippen LogP contribution is -2.63. The second-order valence-electron chi connectivity index (χ2n) is 19.4. The summed E-state index contributed by atoms with van der Waals surface area (Å²) in [5.74, 6) is -2.16. The predicted molar refractivity (Wildman–Crippen MR) is 260 cm³/mol. The van der Waals surface area contributed by atoms with E-state index < -0.39 is 97.1 Å². The minimum atomic E-state index is -1.27. The highest BCUT2D eigenvalue weighted by molar-refractivity contribution is 7.15. The molecule has 3 N–H and O–H groups in total. The van der Waals surface area contributed by atoms with E-state index in [0.717, 1.165) is 10.5 Å². The number of allylic oxidation sites excluding steroid dienone is 3. The van der Waals surface area contributed by atoms with Crippen molar-refractivity contribution in [3.05, 3.63) is 52.6 Å². The van der Waals surface area contributed by atoms with E-state index in [2.05, 4.69) is 16.4 Å². The first-order valence-electron chi connectivity index (χ1n) is 24.7. The molecule has 71 heavy (non-hydrogen) atoms. The van der Waals surface area contributed by atoms with Crippen LogP contribution in [0.25, 0.3) is 10.6 Å². The van der Waals surface area contributed by atoms with E-state index in [0.29, 0.717) is 54.1 Å². The number of ketones is 1. The number of carbonyl (C=O) groups excluding carboxylic acids is 2. The lowest BCUT2D eigenvalue weighted by Gasteiger charge is -2.47. The molecule has 4 aliphatic rings. The summed E-state index contributed by atoms with van der Waals surface area (Å²) in [4.78, 5) is 37.4. The van der Waals surface area contributed by atoms with Crippen LogP contribution >= 0.6 is 11.3 Å². The number of likely N-dealkylation sites (N-methyl/N-ethyl adjacent to an activating group) is 1. The molecule has 2 bridgehead atoms. The van der Waals surface area contributed by atoms with Crippen molar-refractivity contribution >= 4 is 28.8 Å². The Hall–Kier alpha value is -3.95. The van der Waals surface area contributed by atoms with Gasteiger partial charge in [0.2, 0.25) is 0 Å². The molecule has 2 aromatic rings. The number of thiophene rings is 1. The van der Waals surface area contributed by atoms with Crippen molar-refractivity contribution < 1.29 is 72.2 Å². The molecular weight excluding hydrogens is 941 g/mol. The fourth-order valence-corrected chi connectivity index (χ4v) is 10.8. The Morgan fingerprint density at radius 3 is 2.48 bits per heavy atom. The average Bonchev–Trinajstić information content (AvgIpc) is 4.03. The van der Waals surface area contributed by atoms with Crippen molar-refractivity contribution in [2.75, 3.05) is 54.7 Å². The number of aliphatic hydroxyl groups excluding tert-OH is 3. The molecule has 3 aliphatic heterocycles. The number of hydrogen-bond donors (Lipinski definition) is 3. The number of rotatable bonds is 13. The third-order valence-electron chi connectivity index (χ3n) is 14.1. The number of esters is 1. The maximum atomic E-state index is 14.5. The highest BCUT2D eigenvalue weighted by Gasteiger charge is 2.48. The number of methoxy groups -OCH3 is 2. The van der Waals surface area contributed by atoms with Crippen LogP contribution in [0.1, 0.15) is 83.8 Å². The third-order valence-corrected chi connectivity index (χ3v) is 15.1. The Kier molecular flexibility index (Phi) is 21.3. The maximum absolute atomic E-state index is 14.5. The van der Waals surface area contributed by atoms with Crippen LogP contribution in [0.15, 0.2) is 51.7 Å². The molecule has 16 atom stereocenters. The van der Waals surface area contributed by atoms with Gasteiger partial charge in [-0.05, 0) is 84.2 Å². The van der Waals surface area contributed by atoms with Gasteiger partial charge in [0.15, 0.2) is 24.4 Å². The number of aromatic nitrogens is 1. The first-order valence-corrected chi connectivity index (χ1v) is 25.5. The molecule has 0 spiro atoms. The van der Waals surface area contributed by atoms with E-state index >= 15 is 0 Å². The van der Waals surface area contributed by atoms with Crippen LogP contribution < -0.4 is 0 Å². The van der Waals surface area contributed by atoms with Gasteiger partial charge in [-0.1, -0.05) is 48.8 Å². The van der Waals surface area contributed by atoms with E-state index in [1.165, 1.54) is 18.4 Å². The second-order valence-corrected chi connectivity index (χ2v) is 20.5. The Bertz CT molecular complexity index is 2160. The predicted octanol–water partition coefficient (Wildman–Crippen LogP) is 5.00. The van der Waals surface area contributed by atoms with E-state index in [-0.39, 0.29) is 51.2 Å². The minimum absolute atomic E-state index is 0.0126. The van der Waals surface area contributed by atoms with E-state index in [1.54, 1.807) is 63.4 Å². The molecule has 1 unspecified atom stereocenters. The Balaban J connectivity index is 1.31. The minimum Gasteiger partial charge on any atom is -0.462 e. The van der Waals surface area contributed by atoms with Gasteiger partial charge in [-0.2, -0.15) is 5.26 Å². The lowest BCUT2D eigenvalue weighted by molar-refractivity contribution is -0.305. The van der Waals surface area contributed by atoms with Gasteiger partial charge >= 0.3 is 5.97 Å². The summed E-state index contributed by atoms with van der Waals surface area (Å²) in [6.07, 6.45) is -1.47. The summed E-state index contributed by atoms with van der Waals surface area (Å²) in [7, 11) is 6.62. The lowest BCUT2D eigenvalue weighted by atomic mass is 9.79. The third kappa shape index (κ3) is 14.9. The van der Waals surface area contributed by atoms with Crippen molar-refractivity contribution in [2.24, 2.45) is 28.8 Å².